The standard InChI is InChI=1S/C48H84O6/c1-4-7-10-13-16-19-22-25-28-31-34-40-52-46(49)43-38-37-39-44(47(50)53-41-35-32-29-26-23-20-17-14-11-8-5-2)45(43)48(51)54-42-36-33-30-27-24-21-18-15-12-9-6-3/h37-39H,4-36,40-42H2,1-3H3. The van der Waals surface area contributed by atoms with Crippen LogP contribution in [0.15, 0.2) is 18.2 Å². The van der Waals surface area contributed by atoms with Crippen molar-refractivity contribution in [3.63, 3.8) is 0 Å². The Morgan fingerprint density at radius 3 is 0.815 bits per heavy atom. The molecule has 1 aromatic carbocycles. The summed E-state index contributed by atoms with van der Waals surface area (Å²) in [6, 6.07) is 4.74. The lowest BCUT2D eigenvalue weighted by Gasteiger charge is -2.14. The van der Waals surface area contributed by atoms with E-state index in [0.29, 0.717) is 0 Å². The van der Waals surface area contributed by atoms with Gasteiger partial charge in [-0.05, 0) is 31.4 Å². The van der Waals surface area contributed by atoms with Crippen LogP contribution in [0.25, 0.3) is 0 Å². The van der Waals surface area contributed by atoms with Crippen LogP contribution in [0.5, 0.6) is 0 Å². The first-order valence-corrected chi connectivity index (χ1v) is 23.2. The molecule has 0 N–H and O–H groups in total. The fourth-order valence-electron chi connectivity index (χ4n) is 7.13. The van der Waals surface area contributed by atoms with Gasteiger partial charge >= 0.3 is 17.9 Å². The van der Waals surface area contributed by atoms with Gasteiger partial charge in [-0.15, -0.1) is 0 Å². The Balaban J connectivity index is 2.59. The average Bonchev–Trinajstić information content (AvgIpc) is 3.18. The van der Waals surface area contributed by atoms with Crippen molar-refractivity contribution in [2.24, 2.45) is 0 Å². The molecule has 0 radical (unpaired) electrons. The molecule has 1 rings (SSSR count). The number of esters is 3. The van der Waals surface area contributed by atoms with Gasteiger partial charge in [0.25, 0.3) is 0 Å². The van der Waals surface area contributed by atoms with Gasteiger partial charge in [0.2, 0.25) is 0 Å². The van der Waals surface area contributed by atoms with E-state index < -0.39 is 17.9 Å². The molecule has 0 aliphatic heterocycles. The number of carbonyl (C=O) groups excluding carboxylic acids is 3. The number of hydrogen-bond donors (Lipinski definition) is 0. The maximum Gasteiger partial charge on any atom is 0.339 e. The van der Waals surface area contributed by atoms with Gasteiger partial charge in [0.15, 0.2) is 0 Å². The predicted molar refractivity (Wildman–Crippen MR) is 227 cm³/mol. The van der Waals surface area contributed by atoms with Crippen LogP contribution in [0.1, 0.15) is 264 Å². The largest absolute Gasteiger partial charge is 0.462 e. The summed E-state index contributed by atoms with van der Waals surface area (Å²) < 4.78 is 16.9. The molecule has 0 aliphatic rings. The van der Waals surface area contributed by atoms with Gasteiger partial charge < -0.3 is 14.2 Å². The third kappa shape index (κ3) is 27.2. The number of rotatable bonds is 39. The van der Waals surface area contributed by atoms with Gasteiger partial charge in [-0.1, -0.05) is 219 Å². The van der Waals surface area contributed by atoms with Crippen LogP contribution in [0.2, 0.25) is 0 Å². The van der Waals surface area contributed by atoms with E-state index in [9.17, 15) is 14.4 Å². The molecule has 0 spiro atoms. The highest BCUT2D eigenvalue weighted by Crippen LogP contribution is 2.21. The molecular weight excluding hydrogens is 673 g/mol. The van der Waals surface area contributed by atoms with Crippen molar-refractivity contribution in [2.45, 2.75) is 233 Å². The Hall–Kier alpha value is -2.37. The average molecular weight is 757 g/mol. The Morgan fingerprint density at radius 2 is 0.556 bits per heavy atom. The Morgan fingerprint density at radius 1 is 0.333 bits per heavy atom. The number of benzene rings is 1. The number of carbonyl (C=O) groups is 3. The highest BCUT2D eigenvalue weighted by molar-refractivity contribution is 6.10. The Bertz CT molecular complexity index is 978. The first-order valence-electron chi connectivity index (χ1n) is 23.2. The summed E-state index contributed by atoms with van der Waals surface area (Å²) in [4.78, 5) is 40.1. The maximum absolute atomic E-state index is 13.5. The van der Waals surface area contributed by atoms with Gasteiger partial charge in [0, 0.05) is 0 Å². The van der Waals surface area contributed by atoms with Crippen LogP contribution in [-0.2, 0) is 14.2 Å². The summed E-state index contributed by atoms with van der Waals surface area (Å²) >= 11 is 0. The normalized spacial score (nSPS) is 11.2. The molecule has 0 aliphatic carbocycles. The zero-order valence-electron chi connectivity index (χ0n) is 35.6. The van der Waals surface area contributed by atoms with Crippen LogP contribution in [0.3, 0.4) is 0 Å². The first-order chi connectivity index (χ1) is 26.6. The van der Waals surface area contributed by atoms with Crippen LogP contribution in [0, 0.1) is 0 Å². The molecule has 0 unspecified atom stereocenters. The van der Waals surface area contributed by atoms with Crippen LogP contribution < -0.4 is 0 Å². The van der Waals surface area contributed by atoms with E-state index in [4.69, 9.17) is 14.2 Å². The zero-order chi connectivity index (χ0) is 39.2. The highest BCUT2D eigenvalue weighted by Gasteiger charge is 2.27. The minimum atomic E-state index is -0.661. The second kappa shape index (κ2) is 37.5. The van der Waals surface area contributed by atoms with E-state index in [1.807, 2.05) is 0 Å². The molecule has 312 valence electrons. The molecule has 54 heavy (non-hydrogen) atoms. The molecule has 0 saturated carbocycles. The number of unbranched alkanes of at least 4 members (excludes halogenated alkanes) is 30. The smallest absolute Gasteiger partial charge is 0.339 e. The van der Waals surface area contributed by atoms with Crippen LogP contribution in [-0.4, -0.2) is 37.7 Å². The van der Waals surface area contributed by atoms with Crippen molar-refractivity contribution in [1.29, 1.82) is 0 Å². The lowest BCUT2D eigenvalue weighted by Crippen LogP contribution is -2.20. The quantitative estimate of drug-likeness (QED) is 0.0378. The van der Waals surface area contributed by atoms with Crippen molar-refractivity contribution in [3.8, 4) is 0 Å². The minimum Gasteiger partial charge on any atom is -0.462 e. The fraction of sp³-hybridized carbons (Fsp3) is 0.812. The van der Waals surface area contributed by atoms with Gasteiger partial charge in [0.1, 0.15) is 0 Å². The molecule has 0 atom stereocenters. The number of ether oxygens (including phenoxy) is 3. The van der Waals surface area contributed by atoms with Crippen molar-refractivity contribution >= 4 is 17.9 Å². The maximum atomic E-state index is 13.5. The van der Waals surface area contributed by atoms with Crippen molar-refractivity contribution in [1.82, 2.24) is 0 Å². The van der Waals surface area contributed by atoms with E-state index in [0.717, 1.165) is 57.8 Å². The van der Waals surface area contributed by atoms with E-state index in [1.165, 1.54) is 154 Å². The van der Waals surface area contributed by atoms with Crippen molar-refractivity contribution < 1.29 is 28.6 Å². The SMILES string of the molecule is CCCCCCCCCCCCCOC(=O)c1cccc(C(=O)OCCCCCCCCCCCCC)c1C(=O)OCCCCCCCCCCCCC. The van der Waals surface area contributed by atoms with E-state index >= 15 is 0 Å². The summed E-state index contributed by atoms with van der Waals surface area (Å²) in [6.45, 7) is 7.58. The van der Waals surface area contributed by atoms with Gasteiger partial charge in [-0.2, -0.15) is 0 Å². The third-order valence-electron chi connectivity index (χ3n) is 10.7. The lowest BCUT2D eigenvalue weighted by atomic mass is 10.0. The third-order valence-corrected chi connectivity index (χ3v) is 10.7. The Kier molecular flexibility index (Phi) is 34.5. The second-order valence-electron chi connectivity index (χ2n) is 15.7. The molecule has 1 aromatic rings. The molecule has 6 heteroatoms. The van der Waals surface area contributed by atoms with Crippen molar-refractivity contribution in [2.75, 3.05) is 19.8 Å². The molecule has 0 fully saturated rings. The first kappa shape index (κ1) is 49.6. The summed E-state index contributed by atoms with van der Waals surface area (Å²) in [5.74, 6) is -1.85. The van der Waals surface area contributed by atoms with Crippen LogP contribution >= 0.6 is 0 Å². The molecule has 0 bridgehead atoms. The zero-order valence-corrected chi connectivity index (χ0v) is 35.6. The van der Waals surface area contributed by atoms with E-state index in [1.54, 1.807) is 18.2 Å². The van der Waals surface area contributed by atoms with Gasteiger partial charge in [-0.25, -0.2) is 14.4 Å². The minimum absolute atomic E-state index is 0.0338. The summed E-state index contributed by atoms with van der Waals surface area (Å²) in [5.41, 5.74) is 0.116. The van der Waals surface area contributed by atoms with Gasteiger partial charge in [-0.3, -0.25) is 0 Å². The fourth-order valence-corrected chi connectivity index (χ4v) is 7.13. The van der Waals surface area contributed by atoms with E-state index in [2.05, 4.69) is 20.8 Å². The molecule has 0 aromatic heterocycles. The predicted octanol–water partition coefficient (Wildman–Crippen LogP) is 15.1. The second-order valence-corrected chi connectivity index (χ2v) is 15.7. The van der Waals surface area contributed by atoms with Crippen LogP contribution in [0.4, 0.5) is 0 Å². The Labute approximate surface area is 333 Å². The summed E-state index contributed by atoms with van der Waals surface area (Å²) in [7, 11) is 0. The monoisotopic (exact) mass is 757 g/mol. The number of hydrogen-bond acceptors (Lipinski definition) is 6. The topological polar surface area (TPSA) is 78.9 Å². The van der Waals surface area contributed by atoms with Gasteiger partial charge in [0.05, 0.1) is 36.5 Å². The lowest BCUT2D eigenvalue weighted by molar-refractivity contribution is 0.0430. The highest BCUT2D eigenvalue weighted by atomic mass is 16.5. The molecule has 0 saturated heterocycles. The molecule has 0 amide bonds. The molecular formula is C48H84O6. The summed E-state index contributed by atoms with van der Waals surface area (Å²) in [6.07, 6.45) is 39.9. The summed E-state index contributed by atoms with van der Waals surface area (Å²) in [5, 5.41) is 0. The molecule has 0 heterocycles. The molecule has 6 nitrogen and oxygen atoms in total. The van der Waals surface area contributed by atoms with Crippen molar-refractivity contribution in [3.05, 3.63) is 34.9 Å². The van der Waals surface area contributed by atoms with E-state index in [-0.39, 0.29) is 36.5 Å².